The second-order valence-corrected chi connectivity index (χ2v) is 11.6. The molecule has 0 bridgehead atoms. The second-order valence-electron chi connectivity index (χ2n) is 11.6. The first-order valence-electron chi connectivity index (χ1n) is 14.1. The maximum Gasteiger partial charge on any atom is 0.408 e. The molecule has 3 amide bonds. The van der Waals surface area contributed by atoms with E-state index in [0.29, 0.717) is 30.8 Å². The molecule has 2 N–H and O–H groups in total. The highest BCUT2D eigenvalue weighted by atomic mass is 16.6. The number of nitrogens with one attached hydrogen (secondary N) is 2. The van der Waals surface area contributed by atoms with Gasteiger partial charge in [-0.1, -0.05) is 45.4 Å². The number of carbonyl (C=O) groups is 3. The molecule has 0 fully saturated rings. The average molecular weight is 554 g/mol. The lowest BCUT2D eigenvalue weighted by Gasteiger charge is -2.35. The molecule has 0 heterocycles. The van der Waals surface area contributed by atoms with Crippen molar-refractivity contribution >= 4 is 23.6 Å². The Morgan fingerprint density at radius 1 is 1.00 bits per heavy atom. The predicted octanol–water partition coefficient (Wildman–Crippen LogP) is 6.56. The number of aryl methyl sites for hydroxylation is 1. The van der Waals surface area contributed by atoms with Gasteiger partial charge in [-0.15, -0.1) is 0 Å². The van der Waals surface area contributed by atoms with Gasteiger partial charge in [-0.3, -0.25) is 9.59 Å². The minimum absolute atomic E-state index is 0.115. The smallest absolute Gasteiger partial charge is 0.408 e. The number of ether oxygens (including phenoxy) is 2. The van der Waals surface area contributed by atoms with E-state index in [0.717, 1.165) is 23.1 Å². The van der Waals surface area contributed by atoms with Gasteiger partial charge in [-0.25, -0.2) is 4.79 Å². The van der Waals surface area contributed by atoms with Crippen molar-refractivity contribution < 1.29 is 23.9 Å². The van der Waals surface area contributed by atoms with Crippen LogP contribution in [0, 0.1) is 19.8 Å². The van der Waals surface area contributed by atoms with E-state index >= 15 is 0 Å². The first-order chi connectivity index (χ1) is 18.8. The fourth-order valence-electron chi connectivity index (χ4n) is 4.44. The molecule has 0 radical (unpaired) electrons. The third kappa shape index (κ3) is 9.57. The zero-order valence-corrected chi connectivity index (χ0v) is 25.6. The van der Waals surface area contributed by atoms with Crippen LogP contribution in [-0.4, -0.2) is 48.1 Å². The normalized spacial score (nSPS) is 12.8. The third-order valence-corrected chi connectivity index (χ3v) is 6.59. The van der Waals surface area contributed by atoms with Gasteiger partial charge in [0.1, 0.15) is 23.4 Å². The largest absolute Gasteiger partial charge is 0.497 e. The van der Waals surface area contributed by atoms with Crippen LogP contribution in [0.4, 0.5) is 10.5 Å². The molecule has 2 aromatic rings. The number of hydrogen-bond donors (Lipinski definition) is 2. The minimum atomic E-state index is -0.906. The lowest BCUT2D eigenvalue weighted by Crippen LogP contribution is -2.53. The molecule has 40 heavy (non-hydrogen) atoms. The van der Waals surface area contributed by atoms with Crippen molar-refractivity contribution in [3.8, 4) is 5.75 Å². The number of alkyl carbamates (subject to hydrolysis) is 1. The van der Waals surface area contributed by atoms with E-state index in [1.54, 1.807) is 57.0 Å². The summed E-state index contributed by atoms with van der Waals surface area (Å²) >= 11 is 0. The molecule has 2 unspecified atom stereocenters. The highest BCUT2D eigenvalue weighted by Crippen LogP contribution is 2.30. The Morgan fingerprint density at radius 2 is 1.65 bits per heavy atom. The highest BCUT2D eigenvalue weighted by Gasteiger charge is 2.37. The van der Waals surface area contributed by atoms with Crippen LogP contribution in [-0.2, 0) is 14.3 Å². The Kier molecular flexibility index (Phi) is 12.0. The van der Waals surface area contributed by atoms with Crippen LogP contribution in [0.25, 0.3) is 0 Å². The summed E-state index contributed by atoms with van der Waals surface area (Å²) in [7, 11) is 1.58. The van der Waals surface area contributed by atoms with Crippen LogP contribution in [0.5, 0.6) is 5.75 Å². The molecule has 0 saturated carbocycles. The van der Waals surface area contributed by atoms with Crippen LogP contribution in [0.15, 0.2) is 42.5 Å². The number of benzene rings is 2. The summed E-state index contributed by atoms with van der Waals surface area (Å²) in [6.45, 7) is 15.7. The molecule has 0 aliphatic carbocycles. The van der Waals surface area contributed by atoms with Gasteiger partial charge in [0, 0.05) is 12.2 Å². The van der Waals surface area contributed by atoms with Gasteiger partial charge >= 0.3 is 6.09 Å². The Bertz CT molecular complexity index is 1140. The first-order valence-corrected chi connectivity index (χ1v) is 14.1. The Morgan fingerprint density at radius 3 is 2.20 bits per heavy atom. The standard InChI is InChI=1S/C32H47N3O5/c1-10-11-19-35(30(37)27(20-21(2)3)34-31(38)40-32(6,7)8)28(26-14-12-13-22(4)23(26)5)29(36)33-24-15-17-25(39-9)18-16-24/h12-18,21,27-28H,10-11,19-20H2,1-9H3,(H,33,36)(H,34,38). The van der Waals surface area contributed by atoms with E-state index in [9.17, 15) is 14.4 Å². The van der Waals surface area contributed by atoms with E-state index in [1.165, 1.54) is 0 Å². The van der Waals surface area contributed by atoms with E-state index < -0.39 is 23.8 Å². The number of rotatable bonds is 12. The summed E-state index contributed by atoms with van der Waals surface area (Å²) in [6.07, 6.45) is 1.27. The van der Waals surface area contributed by atoms with Gasteiger partial charge < -0.3 is 25.0 Å². The van der Waals surface area contributed by atoms with Crippen molar-refractivity contribution in [2.45, 2.75) is 92.3 Å². The number of nitrogens with zero attached hydrogens (tertiary/aromatic N) is 1. The number of hydrogen-bond acceptors (Lipinski definition) is 5. The lowest BCUT2D eigenvalue weighted by molar-refractivity contribution is -0.141. The number of carbonyl (C=O) groups excluding carboxylic acids is 3. The molecular formula is C32H47N3O5. The van der Waals surface area contributed by atoms with Gasteiger partial charge in [0.05, 0.1) is 7.11 Å². The summed E-state index contributed by atoms with van der Waals surface area (Å²) in [4.78, 5) is 42.7. The van der Waals surface area contributed by atoms with E-state index in [4.69, 9.17) is 9.47 Å². The van der Waals surface area contributed by atoms with Crippen LogP contribution >= 0.6 is 0 Å². The van der Waals surface area contributed by atoms with Gasteiger partial charge in [0.15, 0.2) is 0 Å². The molecule has 220 valence electrons. The van der Waals surface area contributed by atoms with Crippen LogP contribution < -0.4 is 15.4 Å². The number of amides is 3. The number of methoxy groups -OCH3 is 1. The molecule has 2 atom stereocenters. The molecule has 8 heteroatoms. The molecular weight excluding hydrogens is 506 g/mol. The zero-order valence-electron chi connectivity index (χ0n) is 25.6. The van der Waals surface area contributed by atoms with Crippen molar-refractivity contribution in [3.63, 3.8) is 0 Å². The Hall–Kier alpha value is -3.55. The summed E-state index contributed by atoms with van der Waals surface area (Å²) < 4.78 is 10.7. The predicted molar refractivity (Wildman–Crippen MR) is 160 cm³/mol. The fraction of sp³-hybridized carbons (Fsp3) is 0.531. The summed E-state index contributed by atoms with van der Waals surface area (Å²) in [6, 6.07) is 11.1. The van der Waals surface area contributed by atoms with Crippen LogP contribution in [0.2, 0.25) is 0 Å². The third-order valence-electron chi connectivity index (χ3n) is 6.59. The van der Waals surface area contributed by atoms with Crippen molar-refractivity contribution in [1.29, 1.82) is 0 Å². The van der Waals surface area contributed by atoms with Gasteiger partial charge in [-0.05, 0) is 94.3 Å². The van der Waals surface area contributed by atoms with Gasteiger partial charge in [-0.2, -0.15) is 0 Å². The SMILES string of the molecule is CCCCN(C(=O)C(CC(C)C)NC(=O)OC(C)(C)C)C(C(=O)Nc1ccc(OC)cc1)c1cccc(C)c1C. The zero-order chi connectivity index (χ0) is 30.0. The number of unbranched alkanes of at least 4 members (excludes halogenated alkanes) is 1. The lowest BCUT2D eigenvalue weighted by atomic mass is 9.94. The second kappa shape index (κ2) is 14.7. The molecule has 2 rings (SSSR count). The van der Waals surface area contributed by atoms with Crippen molar-refractivity contribution in [2.75, 3.05) is 19.0 Å². The first kappa shape index (κ1) is 32.7. The highest BCUT2D eigenvalue weighted by molar-refractivity contribution is 5.99. The molecule has 0 spiro atoms. The Labute approximate surface area is 239 Å². The van der Waals surface area contributed by atoms with Crippen molar-refractivity contribution in [3.05, 3.63) is 59.2 Å². The molecule has 0 aliphatic rings. The monoisotopic (exact) mass is 553 g/mol. The fourth-order valence-corrected chi connectivity index (χ4v) is 4.44. The van der Waals surface area contributed by atoms with Gasteiger partial charge in [0.2, 0.25) is 5.91 Å². The maximum absolute atomic E-state index is 14.3. The molecule has 8 nitrogen and oxygen atoms in total. The topological polar surface area (TPSA) is 97.0 Å². The van der Waals surface area contributed by atoms with E-state index in [-0.39, 0.29) is 17.7 Å². The summed E-state index contributed by atoms with van der Waals surface area (Å²) in [5.74, 6) is 0.144. The molecule has 2 aromatic carbocycles. The molecule has 0 aromatic heterocycles. The molecule has 0 aliphatic heterocycles. The van der Waals surface area contributed by atoms with E-state index in [2.05, 4.69) is 10.6 Å². The van der Waals surface area contributed by atoms with Crippen LogP contribution in [0.1, 0.15) is 83.5 Å². The maximum atomic E-state index is 14.3. The Balaban J connectivity index is 2.57. The quantitative estimate of drug-likeness (QED) is 0.310. The van der Waals surface area contributed by atoms with Gasteiger partial charge in [0.25, 0.3) is 5.91 Å². The minimum Gasteiger partial charge on any atom is -0.497 e. The molecule has 0 saturated heterocycles. The number of anilines is 1. The summed E-state index contributed by atoms with van der Waals surface area (Å²) in [5.41, 5.74) is 2.59. The van der Waals surface area contributed by atoms with Crippen LogP contribution in [0.3, 0.4) is 0 Å². The average Bonchev–Trinajstić information content (AvgIpc) is 2.86. The summed E-state index contributed by atoms with van der Waals surface area (Å²) in [5, 5.41) is 5.80. The van der Waals surface area contributed by atoms with Crippen molar-refractivity contribution in [2.24, 2.45) is 5.92 Å². The van der Waals surface area contributed by atoms with E-state index in [1.807, 2.05) is 52.8 Å². The van der Waals surface area contributed by atoms with Crippen molar-refractivity contribution in [1.82, 2.24) is 10.2 Å².